The zero-order valence-corrected chi connectivity index (χ0v) is 11.9. The molecular weight excluding hydrogens is 258 g/mol. The highest BCUT2D eigenvalue weighted by Gasteiger charge is 2.49. The summed E-state index contributed by atoms with van der Waals surface area (Å²) in [6.07, 6.45) is 6.55. The van der Waals surface area contributed by atoms with E-state index >= 15 is 0 Å². The molecule has 1 heterocycles. The molecule has 3 N–H and O–H groups in total. The standard InChI is InChI=1S/C15H23NO4/c1-14(12(17)18)5-2-6-15(10-14,13(19)20)9-11-3-7-16-8-4-11/h2,6,11,16H,3-5,7-10H2,1H3,(H,17,18)(H,19,20). The van der Waals surface area contributed by atoms with E-state index in [2.05, 4.69) is 5.32 Å². The van der Waals surface area contributed by atoms with Crippen LogP contribution in [0.5, 0.6) is 0 Å². The number of aliphatic carboxylic acids is 2. The van der Waals surface area contributed by atoms with Crippen LogP contribution >= 0.6 is 0 Å². The van der Waals surface area contributed by atoms with Gasteiger partial charge in [0.2, 0.25) is 0 Å². The lowest BCUT2D eigenvalue weighted by atomic mass is 9.62. The van der Waals surface area contributed by atoms with Crippen LogP contribution in [0.1, 0.15) is 39.0 Å². The highest BCUT2D eigenvalue weighted by Crippen LogP contribution is 2.47. The summed E-state index contributed by atoms with van der Waals surface area (Å²) < 4.78 is 0. The van der Waals surface area contributed by atoms with Crippen LogP contribution in [-0.4, -0.2) is 35.2 Å². The lowest BCUT2D eigenvalue weighted by molar-refractivity contribution is -0.156. The molecule has 112 valence electrons. The molecule has 20 heavy (non-hydrogen) atoms. The molecule has 0 amide bonds. The van der Waals surface area contributed by atoms with E-state index in [0.717, 1.165) is 25.9 Å². The molecule has 0 radical (unpaired) electrons. The number of hydrogen-bond donors (Lipinski definition) is 3. The summed E-state index contributed by atoms with van der Waals surface area (Å²) in [7, 11) is 0. The van der Waals surface area contributed by atoms with Crippen molar-refractivity contribution in [3.8, 4) is 0 Å². The fraction of sp³-hybridized carbons (Fsp3) is 0.733. The highest BCUT2D eigenvalue weighted by atomic mass is 16.4. The molecule has 5 heteroatoms. The molecule has 0 spiro atoms. The van der Waals surface area contributed by atoms with Crippen molar-refractivity contribution in [2.24, 2.45) is 16.7 Å². The van der Waals surface area contributed by atoms with Crippen LogP contribution < -0.4 is 5.32 Å². The third kappa shape index (κ3) is 2.87. The van der Waals surface area contributed by atoms with E-state index in [1.807, 2.05) is 0 Å². The number of carboxylic acids is 2. The Morgan fingerprint density at radius 2 is 1.90 bits per heavy atom. The zero-order valence-electron chi connectivity index (χ0n) is 11.9. The Labute approximate surface area is 119 Å². The number of hydrogen-bond acceptors (Lipinski definition) is 3. The first-order chi connectivity index (χ1) is 9.38. The van der Waals surface area contributed by atoms with Crippen molar-refractivity contribution in [3.05, 3.63) is 12.2 Å². The summed E-state index contributed by atoms with van der Waals surface area (Å²) in [5, 5.41) is 22.3. The molecule has 1 fully saturated rings. The van der Waals surface area contributed by atoms with Crippen LogP contribution in [0.25, 0.3) is 0 Å². The molecule has 0 aromatic carbocycles. The molecule has 0 bridgehead atoms. The Balaban J connectivity index is 2.21. The summed E-state index contributed by atoms with van der Waals surface area (Å²) in [6.45, 7) is 3.49. The maximum absolute atomic E-state index is 11.8. The summed E-state index contributed by atoms with van der Waals surface area (Å²) in [5.74, 6) is -1.44. The molecule has 0 saturated carbocycles. The third-order valence-corrected chi connectivity index (χ3v) is 4.76. The molecule has 0 aromatic rings. The highest BCUT2D eigenvalue weighted by molar-refractivity contribution is 5.81. The first kappa shape index (κ1) is 15.0. The van der Waals surface area contributed by atoms with Crippen molar-refractivity contribution < 1.29 is 19.8 Å². The molecular formula is C15H23NO4. The van der Waals surface area contributed by atoms with E-state index in [9.17, 15) is 19.8 Å². The molecule has 2 unspecified atom stereocenters. The average molecular weight is 281 g/mol. The first-order valence-corrected chi connectivity index (χ1v) is 7.23. The van der Waals surface area contributed by atoms with E-state index in [4.69, 9.17) is 0 Å². The van der Waals surface area contributed by atoms with Gasteiger partial charge < -0.3 is 15.5 Å². The minimum atomic E-state index is -1.02. The van der Waals surface area contributed by atoms with Gasteiger partial charge in [-0.05, 0) is 58.0 Å². The van der Waals surface area contributed by atoms with Gasteiger partial charge in [-0.15, -0.1) is 0 Å². The Kier molecular flexibility index (Phi) is 4.18. The number of carboxylic acid groups (broad SMARTS) is 2. The molecule has 2 rings (SSSR count). The van der Waals surface area contributed by atoms with Crippen LogP contribution in [0.15, 0.2) is 12.2 Å². The Morgan fingerprint density at radius 1 is 1.25 bits per heavy atom. The largest absolute Gasteiger partial charge is 0.481 e. The summed E-state index contributed by atoms with van der Waals surface area (Å²) in [6, 6.07) is 0. The maximum atomic E-state index is 11.8. The number of nitrogens with one attached hydrogen (secondary N) is 1. The van der Waals surface area contributed by atoms with Crippen LogP contribution in [0, 0.1) is 16.7 Å². The van der Waals surface area contributed by atoms with Crippen LogP contribution in [0.3, 0.4) is 0 Å². The average Bonchev–Trinajstić information content (AvgIpc) is 2.39. The maximum Gasteiger partial charge on any atom is 0.313 e. The van der Waals surface area contributed by atoms with Gasteiger partial charge in [-0.1, -0.05) is 12.2 Å². The number of carbonyl (C=O) groups is 2. The molecule has 1 saturated heterocycles. The zero-order chi connectivity index (χ0) is 14.8. The molecule has 1 aliphatic heterocycles. The second-order valence-electron chi connectivity index (χ2n) is 6.51. The molecule has 5 nitrogen and oxygen atoms in total. The molecule has 2 aliphatic rings. The van der Waals surface area contributed by atoms with Crippen molar-refractivity contribution in [1.29, 1.82) is 0 Å². The van der Waals surface area contributed by atoms with Gasteiger partial charge >= 0.3 is 11.9 Å². The lowest BCUT2D eigenvalue weighted by Crippen LogP contribution is -2.43. The predicted octanol–water partition coefficient (Wildman–Crippen LogP) is 1.89. The second-order valence-corrected chi connectivity index (χ2v) is 6.51. The van der Waals surface area contributed by atoms with Crippen molar-refractivity contribution in [3.63, 3.8) is 0 Å². The fourth-order valence-corrected chi connectivity index (χ4v) is 3.51. The summed E-state index contributed by atoms with van der Waals surface area (Å²) >= 11 is 0. The van der Waals surface area contributed by atoms with Crippen molar-refractivity contribution >= 4 is 11.9 Å². The van der Waals surface area contributed by atoms with Gasteiger partial charge in [0, 0.05) is 0 Å². The van der Waals surface area contributed by atoms with Gasteiger partial charge in [-0.25, -0.2) is 0 Å². The minimum absolute atomic E-state index is 0.186. The topological polar surface area (TPSA) is 86.6 Å². The smallest absolute Gasteiger partial charge is 0.313 e. The third-order valence-electron chi connectivity index (χ3n) is 4.76. The van der Waals surface area contributed by atoms with Crippen molar-refractivity contribution in [2.75, 3.05) is 13.1 Å². The van der Waals surface area contributed by atoms with Crippen LogP contribution in [0.4, 0.5) is 0 Å². The Hall–Kier alpha value is -1.36. The van der Waals surface area contributed by atoms with Gasteiger partial charge in [0.1, 0.15) is 0 Å². The SMILES string of the molecule is CC1(C(=O)O)CC=CC(CC2CCNCC2)(C(=O)O)C1. The van der Waals surface area contributed by atoms with Gasteiger partial charge in [-0.3, -0.25) is 9.59 Å². The van der Waals surface area contributed by atoms with Gasteiger partial charge in [-0.2, -0.15) is 0 Å². The van der Waals surface area contributed by atoms with E-state index in [1.165, 1.54) is 0 Å². The monoisotopic (exact) mass is 281 g/mol. The van der Waals surface area contributed by atoms with Crippen molar-refractivity contribution in [2.45, 2.75) is 39.0 Å². The second kappa shape index (κ2) is 5.56. The van der Waals surface area contributed by atoms with Crippen LogP contribution in [0.2, 0.25) is 0 Å². The lowest BCUT2D eigenvalue weighted by Gasteiger charge is -2.40. The first-order valence-electron chi connectivity index (χ1n) is 7.23. The Morgan fingerprint density at radius 3 is 2.45 bits per heavy atom. The van der Waals surface area contributed by atoms with Crippen molar-refractivity contribution in [1.82, 2.24) is 5.32 Å². The van der Waals surface area contributed by atoms with Gasteiger partial charge in [0.05, 0.1) is 10.8 Å². The molecule has 1 aliphatic carbocycles. The number of piperidine rings is 1. The Bertz CT molecular complexity index is 428. The number of rotatable bonds is 4. The number of allylic oxidation sites excluding steroid dienone is 1. The quantitative estimate of drug-likeness (QED) is 0.685. The summed E-state index contributed by atoms with van der Waals surface area (Å²) in [4.78, 5) is 23.2. The van der Waals surface area contributed by atoms with Gasteiger partial charge in [0.15, 0.2) is 0 Å². The van der Waals surface area contributed by atoms with E-state index in [0.29, 0.717) is 18.8 Å². The fourth-order valence-electron chi connectivity index (χ4n) is 3.51. The minimum Gasteiger partial charge on any atom is -0.481 e. The van der Waals surface area contributed by atoms with E-state index < -0.39 is 22.8 Å². The molecule has 2 atom stereocenters. The van der Waals surface area contributed by atoms with E-state index in [-0.39, 0.29) is 6.42 Å². The van der Waals surface area contributed by atoms with E-state index in [1.54, 1.807) is 19.1 Å². The normalized spacial score (nSPS) is 34.9. The summed E-state index contributed by atoms with van der Waals surface area (Å²) in [5.41, 5.74) is -1.99. The predicted molar refractivity (Wildman–Crippen MR) is 74.4 cm³/mol. The molecule has 0 aromatic heterocycles. The van der Waals surface area contributed by atoms with Crippen LogP contribution in [-0.2, 0) is 9.59 Å². The van der Waals surface area contributed by atoms with Gasteiger partial charge in [0.25, 0.3) is 0 Å².